The Balaban J connectivity index is 2.26. The molecule has 1 rings (SSSR count). The predicted octanol–water partition coefficient (Wildman–Crippen LogP) is 1.43. The molecule has 0 saturated heterocycles. The number of para-hydroxylation sites is 1. The Morgan fingerprint density at radius 2 is 2.06 bits per heavy atom. The third-order valence-corrected chi connectivity index (χ3v) is 2.52. The van der Waals surface area contributed by atoms with Crippen molar-refractivity contribution < 1.29 is 4.79 Å². The Morgan fingerprint density at radius 3 is 2.71 bits per heavy atom. The van der Waals surface area contributed by atoms with Crippen LogP contribution in [0.4, 0.5) is 5.69 Å². The summed E-state index contributed by atoms with van der Waals surface area (Å²) < 4.78 is 0. The summed E-state index contributed by atoms with van der Waals surface area (Å²) in [7, 11) is 3.93. The molecule has 0 aliphatic carbocycles. The second kappa shape index (κ2) is 7.14. The predicted molar refractivity (Wildman–Crippen MR) is 71.5 cm³/mol. The zero-order valence-electron chi connectivity index (χ0n) is 10.2. The highest BCUT2D eigenvalue weighted by atomic mass is 35.5. The summed E-state index contributed by atoms with van der Waals surface area (Å²) in [5.41, 5.74) is 0.775. The number of hydrogen-bond donors (Lipinski definition) is 2. The summed E-state index contributed by atoms with van der Waals surface area (Å²) in [6.07, 6.45) is 0. The molecule has 0 aromatic heterocycles. The van der Waals surface area contributed by atoms with Crippen molar-refractivity contribution >= 4 is 23.2 Å². The molecule has 0 heterocycles. The van der Waals surface area contributed by atoms with E-state index in [0.29, 0.717) is 11.6 Å². The van der Waals surface area contributed by atoms with Crippen LogP contribution in [-0.4, -0.2) is 44.5 Å². The van der Waals surface area contributed by atoms with Crippen molar-refractivity contribution in [3.63, 3.8) is 0 Å². The smallest absolute Gasteiger partial charge is 0.239 e. The van der Waals surface area contributed by atoms with E-state index in [1.165, 1.54) is 0 Å². The number of nitrogens with zero attached hydrogens (tertiary/aromatic N) is 1. The van der Waals surface area contributed by atoms with Crippen LogP contribution in [0.25, 0.3) is 0 Å². The highest BCUT2D eigenvalue weighted by Crippen LogP contribution is 2.19. The number of benzene rings is 1. The minimum absolute atomic E-state index is 0.0354. The van der Waals surface area contributed by atoms with Crippen molar-refractivity contribution in [3.05, 3.63) is 29.3 Å². The number of amides is 1. The molecule has 0 fully saturated rings. The topological polar surface area (TPSA) is 44.4 Å². The molecule has 5 heteroatoms. The van der Waals surface area contributed by atoms with Crippen molar-refractivity contribution in [2.75, 3.05) is 39.0 Å². The van der Waals surface area contributed by atoms with E-state index in [1.807, 2.05) is 37.2 Å². The number of halogens is 1. The lowest BCUT2D eigenvalue weighted by atomic mass is 10.3. The summed E-state index contributed by atoms with van der Waals surface area (Å²) in [5, 5.41) is 6.43. The normalized spacial score (nSPS) is 10.4. The van der Waals surface area contributed by atoms with Gasteiger partial charge in [0.15, 0.2) is 0 Å². The highest BCUT2D eigenvalue weighted by molar-refractivity contribution is 6.33. The third-order valence-electron chi connectivity index (χ3n) is 2.19. The summed E-state index contributed by atoms with van der Waals surface area (Å²) in [4.78, 5) is 13.5. The molecule has 1 amide bonds. The minimum Gasteiger partial charge on any atom is -0.375 e. The van der Waals surface area contributed by atoms with Crippen LogP contribution in [0.5, 0.6) is 0 Å². The van der Waals surface area contributed by atoms with Crippen LogP contribution >= 0.6 is 11.6 Å². The minimum atomic E-state index is -0.0354. The zero-order valence-corrected chi connectivity index (χ0v) is 10.9. The molecular formula is C12H18ClN3O. The second-order valence-electron chi connectivity index (χ2n) is 3.99. The Morgan fingerprint density at radius 1 is 1.35 bits per heavy atom. The maximum Gasteiger partial charge on any atom is 0.239 e. The summed E-state index contributed by atoms with van der Waals surface area (Å²) >= 11 is 5.95. The van der Waals surface area contributed by atoms with Gasteiger partial charge >= 0.3 is 0 Å². The van der Waals surface area contributed by atoms with Gasteiger partial charge in [-0.2, -0.15) is 0 Å². The monoisotopic (exact) mass is 255 g/mol. The molecule has 0 atom stereocenters. The van der Waals surface area contributed by atoms with Crippen LogP contribution in [0.2, 0.25) is 5.02 Å². The molecule has 0 spiro atoms. The first-order valence-corrected chi connectivity index (χ1v) is 5.87. The highest BCUT2D eigenvalue weighted by Gasteiger charge is 2.02. The van der Waals surface area contributed by atoms with Gasteiger partial charge in [-0.3, -0.25) is 4.79 Å². The quantitative estimate of drug-likeness (QED) is 0.808. The van der Waals surface area contributed by atoms with Crippen molar-refractivity contribution in [2.45, 2.75) is 0 Å². The van der Waals surface area contributed by atoms with E-state index in [-0.39, 0.29) is 12.5 Å². The SMILES string of the molecule is CN(C)CCNC(=O)CNc1ccccc1Cl. The molecule has 0 aliphatic rings. The van der Waals surface area contributed by atoms with Gasteiger partial charge in [0.25, 0.3) is 0 Å². The van der Waals surface area contributed by atoms with Crippen LogP contribution in [0.1, 0.15) is 0 Å². The number of hydrogen-bond acceptors (Lipinski definition) is 3. The van der Waals surface area contributed by atoms with E-state index in [1.54, 1.807) is 6.07 Å². The van der Waals surface area contributed by atoms with Gasteiger partial charge in [-0.1, -0.05) is 23.7 Å². The molecule has 17 heavy (non-hydrogen) atoms. The number of anilines is 1. The first-order chi connectivity index (χ1) is 8.09. The third kappa shape index (κ3) is 5.56. The Bertz CT molecular complexity index is 369. The van der Waals surface area contributed by atoms with E-state index in [4.69, 9.17) is 11.6 Å². The molecule has 1 aromatic carbocycles. The van der Waals surface area contributed by atoms with Gasteiger partial charge in [-0.15, -0.1) is 0 Å². The standard InChI is InChI=1S/C12H18ClN3O/c1-16(2)8-7-14-12(17)9-15-11-6-4-3-5-10(11)13/h3-6,15H,7-9H2,1-2H3,(H,14,17). The largest absolute Gasteiger partial charge is 0.375 e. The Kier molecular flexibility index (Phi) is 5.80. The number of carbonyl (C=O) groups excluding carboxylic acids is 1. The van der Waals surface area contributed by atoms with Gasteiger partial charge in [0, 0.05) is 13.1 Å². The fourth-order valence-corrected chi connectivity index (χ4v) is 1.46. The van der Waals surface area contributed by atoms with E-state index in [9.17, 15) is 4.79 Å². The molecule has 4 nitrogen and oxygen atoms in total. The molecule has 0 bridgehead atoms. The first-order valence-electron chi connectivity index (χ1n) is 5.49. The van der Waals surface area contributed by atoms with Gasteiger partial charge in [0.05, 0.1) is 17.3 Å². The number of likely N-dealkylation sites (N-methyl/N-ethyl adjacent to an activating group) is 1. The van der Waals surface area contributed by atoms with E-state index >= 15 is 0 Å². The molecule has 0 radical (unpaired) electrons. The van der Waals surface area contributed by atoms with Crippen LogP contribution < -0.4 is 10.6 Å². The lowest BCUT2D eigenvalue weighted by Gasteiger charge is -2.11. The first kappa shape index (κ1) is 13.8. The van der Waals surface area contributed by atoms with E-state index in [2.05, 4.69) is 10.6 Å². The van der Waals surface area contributed by atoms with Crippen LogP contribution in [0.15, 0.2) is 24.3 Å². The van der Waals surface area contributed by atoms with Gasteiger partial charge in [-0.25, -0.2) is 0 Å². The Hall–Kier alpha value is -1.26. The van der Waals surface area contributed by atoms with Gasteiger partial charge in [-0.05, 0) is 26.2 Å². The summed E-state index contributed by atoms with van der Waals surface area (Å²) in [6.45, 7) is 1.71. The lowest BCUT2D eigenvalue weighted by Crippen LogP contribution is -2.35. The van der Waals surface area contributed by atoms with E-state index < -0.39 is 0 Å². The molecule has 94 valence electrons. The zero-order chi connectivity index (χ0) is 12.7. The second-order valence-corrected chi connectivity index (χ2v) is 4.39. The average molecular weight is 256 g/mol. The van der Waals surface area contributed by atoms with Crippen LogP contribution in [-0.2, 0) is 4.79 Å². The van der Waals surface area contributed by atoms with Gasteiger partial charge < -0.3 is 15.5 Å². The molecule has 1 aromatic rings. The van der Waals surface area contributed by atoms with Crippen LogP contribution in [0, 0.1) is 0 Å². The number of nitrogens with one attached hydrogen (secondary N) is 2. The summed E-state index contributed by atoms with van der Waals surface area (Å²) in [6, 6.07) is 7.35. The molecule has 0 aliphatic heterocycles. The van der Waals surface area contributed by atoms with E-state index in [0.717, 1.165) is 12.2 Å². The van der Waals surface area contributed by atoms with Gasteiger partial charge in [0.2, 0.25) is 5.91 Å². The van der Waals surface area contributed by atoms with Crippen molar-refractivity contribution in [3.8, 4) is 0 Å². The summed E-state index contributed by atoms with van der Waals surface area (Å²) in [5.74, 6) is -0.0354. The number of rotatable bonds is 6. The Labute approximate surface area is 107 Å². The molecule has 0 saturated carbocycles. The fourth-order valence-electron chi connectivity index (χ4n) is 1.26. The van der Waals surface area contributed by atoms with Crippen molar-refractivity contribution in [1.82, 2.24) is 10.2 Å². The van der Waals surface area contributed by atoms with Gasteiger partial charge in [0.1, 0.15) is 0 Å². The molecule has 2 N–H and O–H groups in total. The molecular weight excluding hydrogens is 238 g/mol. The fraction of sp³-hybridized carbons (Fsp3) is 0.417. The van der Waals surface area contributed by atoms with Crippen LogP contribution in [0.3, 0.4) is 0 Å². The average Bonchev–Trinajstić information content (AvgIpc) is 2.27. The lowest BCUT2D eigenvalue weighted by molar-refractivity contribution is -0.119. The number of carbonyl (C=O) groups is 1. The molecule has 0 unspecified atom stereocenters. The van der Waals surface area contributed by atoms with Crippen molar-refractivity contribution in [2.24, 2.45) is 0 Å². The van der Waals surface area contributed by atoms with Crippen molar-refractivity contribution in [1.29, 1.82) is 0 Å². The maximum absolute atomic E-state index is 11.5. The maximum atomic E-state index is 11.5.